The number of carbonyl (C=O) groups is 1. The largest absolute Gasteiger partial charge is 0.358 e. The van der Waals surface area contributed by atoms with Crippen LogP contribution in [0.3, 0.4) is 0 Å². The number of anilines is 1. The highest BCUT2D eigenvalue weighted by atomic mass is 16.1. The van der Waals surface area contributed by atoms with Gasteiger partial charge >= 0.3 is 0 Å². The van der Waals surface area contributed by atoms with Crippen molar-refractivity contribution in [1.82, 2.24) is 9.38 Å². The molecular formula is C13H15N3O. The van der Waals surface area contributed by atoms with E-state index < -0.39 is 0 Å². The van der Waals surface area contributed by atoms with Crippen molar-refractivity contribution in [3.05, 3.63) is 30.6 Å². The molecule has 3 rings (SSSR count). The second-order valence-corrected chi connectivity index (χ2v) is 4.50. The average molecular weight is 229 g/mol. The van der Waals surface area contributed by atoms with Gasteiger partial charge in [0.2, 0.25) is 0 Å². The number of rotatable bonds is 2. The van der Waals surface area contributed by atoms with E-state index in [2.05, 4.69) is 20.4 Å². The second kappa shape index (κ2) is 4.20. The van der Waals surface area contributed by atoms with Gasteiger partial charge in [-0.3, -0.25) is 4.40 Å². The molecule has 17 heavy (non-hydrogen) atoms. The van der Waals surface area contributed by atoms with Crippen molar-refractivity contribution in [2.45, 2.75) is 12.8 Å². The molecule has 88 valence electrons. The van der Waals surface area contributed by atoms with E-state index in [9.17, 15) is 4.79 Å². The monoisotopic (exact) mass is 229 g/mol. The zero-order valence-electron chi connectivity index (χ0n) is 9.62. The Balaban J connectivity index is 1.89. The molecule has 1 saturated heterocycles. The Bertz CT molecular complexity index is 526. The molecule has 4 nitrogen and oxygen atoms in total. The van der Waals surface area contributed by atoms with E-state index in [0.29, 0.717) is 0 Å². The first kappa shape index (κ1) is 10.3. The number of pyridine rings is 1. The van der Waals surface area contributed by atoms with Gasteiger partial charge in [-0.1, -0.05) is 6.07 Å². The van der Waals surface area contributed by atoms with Crippen LogP contribution < -0.4 is 4.90 Å². The van der Waals surface area contributed by atoms with Crippen LogP contribution in [-0.2, 0) is 4.79 Å². The number of nitrogens with zero attached hydrogens (tertiary/aromatic N) is 3. The highest BCUT2D eigenvalue weighted by molar-refractivity contribution is 5.56. The minimum absolute atomic E-state index is 0.244. The average Bonchev–Trinajstić information content (AvgIpc) is 2.87. The normalized spacial score (nSPS) is 17.5. The van der Waals surface area contributed by atoms with Gasteiger partial charge < -0.3 is 9.69 Å². The molecule has 1 aliphatic heterocycles. The molecule has 0 amide bonds. The molecule has 0 unspecified atom stereocenters. The predicted molar refractivity (Wildman–Crippen MR) is 66.2 cm³/mol. The summed E-state index contributed by atoms with van der Waals surface area (Å²) in [5.41, 5.74) is 0.972. The van der Waals surface area contributed by atoms with Crippen molar-refractivity contribution in [3.8, 4) is 0 Å². The number of carbonyl (C=O) groups excluding carboxylic acids is 1. The van der Waals surface area contributed by atoms with Crippen molar-refractivity contribution in [2.75, 3.05) is 18.0 Å². The summed E-state index contributed by atoms with van der Waals surface area (Å²) in [5, 5.41) is 0. The smallest absolute Gasteiger partial charge is 0.138 e. The van der Waals surface area contributed by atoms with E-state index in [-0.39, 0.29) is 5.92 Å². The zero-order chi connectivity index (χ0) is 11.7. The lowest BCUT2D eigenvalue weighted by molar-refractivity contribution is -0.111. The molecular weight excluding hydrogens is 214 g/mol. The Hall–Kier alpha value is -1.84. The van der Waals surface area contributed by atoms with Crippen LogP contribution in [0.2, 0.25) is 0 Å². The Morgan fingerprint density at radius 3 is 2.88 bits per heavy atom. The van der Waals surface area contributed by atoms with Crippen LogP contribution in [-0.4, -0.2) is 28.8 Å². The van der Waals surface area contributed by atoms with Crippen molar-refractivity contribution >= 4 is 17.8 Å². The van der Waals surface area contributed by atoms with Gasteiger partial charge in [-0.2, -0.15) is 0 Å². The quantitative estimate of drug-likeness (QED) is 0.736. The van der Waals surface area contributed by atoms with Crippen LogP contribution in [0.4, 0.5) is 5.82 Å². The zero-order valence-corrected chi connectivity index (χ0v) is 9.62. The third kappa shape index (κ3) is 1.79. The summed E-state index contributed by atoms with van der Waals surface area (Å²) in [4.78, 5) is 17.4. The number of piperidine rings is 1. The first-order valence-electron chi connectivity index (χ1n) is 6.01. The van der Waals surface area contributed by atoms with Gasteiger partial charge in [0.05, 0.1) is 0 Å². The summed E-state index contributed by atoms with van der Waals surface area (Å²) >= 11 is 0. The summed E-state index contributed by atoms with van der Waals surface area (Å²) in [6.07, 6.45) is 6.80. The second-order valence-electron chi connectivity index (χ2n) is 4.50. The Morgan fingerprint density at radius 1 is 1.29 bits per heavy atom. The molecule has 0 bridgehead atoms. The number of aldehydes is 1. The standard InChI is InChI=1S/C13H15N3O/c17-10-11-4-7-15(8-5-11)13-3-1-2-12-14-6-9-16(12)13/h1-3,6,9-11H,4-5,7-8H2. The van der Waals surface area contributed by atoms with Crippen LogP contribution in [0.15, 0.2) is 30.6 Å². The molecule has 0 atom stereocenters. The summed E-state index contributed by atoms with van der Waals surface area (Å²) in [5.74, 6) is 1.41. The highest BCUT2D eigenvalue weighted by Crippen LogP contribution is 2.22. The van der Waals surface area contributed by atoms with Crippen LogP contribution in [0, 0.1) is 5.92 Å². The molecule has 1 fully saturated rings. The maximum atomic E-state index is 10.7. The van der Waals surface area contributed by atoms with Crippen molar-refractivity contribution in [2.24, 2.45) is 5.92 Å². The van der Waals surface area contributed by atoms with Gasteiger partial charge in [0.25, 0.3) is 0 Å². The molecule has 2 aromatic heterocycles. The predicted octanol–water partition coefficient (Wildman–Crippen LogP) is 1.75. The van der Waals surface area contributed by atoms with Gasteiger partial charge in [-0.25, -0.2) is 4.98 Å². The maximum absolute atomic E-state index is 10.7. The Labute approximate surface area is 99.9 Å². The summed E-state index contributed by atoms with van der Waals surface area (Å²) in [6, 6.07) is 6.14. The number of imidazole rings is 1. The molecule has 2 aromatic rings. The summed E-state index contributed by atoms with van der Waals surface area (Å²) < 4.78 is 2.10. The molecule has 0 N–H and O–H groups in total. The maximum Gasteiger partial charge on any atom is 0.138 e. The molecule has 0 aliphatic carbocycles. The van der Waals surface area contributed by atoms with E-state index >= 15 is 0 Å². The molecule has 3 heterocycles. The third-order valence-corrected chi connectivity index (χ3v) is 3.46. The van der Waals surface area contributed by atoms with E-state index in [1.165, 1.54) is 5.82 Å². The van der Waals surface area contributed by atoms with Crippen LogP contribution in [0.1, 0.15) is 12.8 Å². The minimum Gasteiger partial charge on any atom is -0.358 e. The summed E-state index contributed by atoms with van der Waals surface area (Å²) in [7, 11) is 0. The van der Waals surface area contributed by atoms with E-state index in [0.717, 1.165) is 37.9 Å². The van der Waals surface area contributed by atoms with E-state index in [4.69, 9.17) is 0 Å². The van der Waals surface area contributed by atoms with E-state index in [1.807, 2.05) is 24.5 Å². The van der Waals surface area contributed by atoms with Gasteiger partial charge in [0.15, 0.2) is 0 Å². The molecule has 0 aromatic carbocycles. The molecule has 0 saturated carbocycles. The molecule has 0 radical (unpaired) electrons. The lowest BCUT2D eigenvalue weighted by Crippen LogP contribution is -2.35. The highest BCUT2D eigenvalue weighted by Gasteiger charge is 2.19. The van der Waals surface area contributed by atoms with Crippen LogP contribution in [0.5, 0.6) is 0 Å². The number of fused-ring (bicyclic) bond motifs is 1. The van der Waals surface area contributed by atoms with Gasteiger partial charge in [0, 0.05) is 31.4 Å². The van der Waals surface area contributed by atoms with Crippen LogP contribution >= 0.6 is 0 Å². The van der Waals surface area contributed by atoms with E-state index in [1.54, 1.807) is 0 Å². The van der Waals surface area contributed by atoms with Crippen molar-refractivity contribution in [1.29, 1.82) is 0 Å². The van der Waals surface area contributed by atoms with Gasteiger partial charge in [-0.05, 0) is 25.0 Å². The molecule has 1 aliphatic rings. The minimum atomic E-state index is 0.244. The Kier molecular flexibility index (Phi) is 2.55. The fourth-order valence-corrected chi connectivity index (χ4v) is 2.45. The first-order valence-corrected chi connectivity index (χ1v) is 6.01. The summed E-state index contributed by atoms with van der Waals surface area (Å²) in [6.45, 7) is 1.89. The molecule has 0 spiro atoms. The fraction of sp³-hybridized carbons (Fsp3) is 0.385. The topological polar surface area (TPSA) is 37.6 Å². The third-order valence-electron chi connectivity index (χ3n) is 3.46. The number of aromatic nitrogens is 2. The SMILES string of the molecule is O=CC1CCN(c2cccc3nccn23)CC1. The fourth-order valence-electron chi connectivity index (χ4n) is 2.45. The Morgan fingerprint density at radius 2 is 2.12 bits per heavy atom. The van der Waals surface area contributed by atoms with Crippen molar-refractivity contribution in [3.63, 3.8) is 0 Å². The van der Waals surface area contributed by atoms with Gasteiger partial charge in [0.1, 0.15) is 17.8 Å². The van der Waals surface area contributed by atoms with Gasteiger partial charge in [-0.15, -0.1) is 0 Å². The number of hydrogen-bond donors (Lipinski definition) is 0. The first-order chi connectivity index (χ1) is 8.38. The van der Waals surface area contributed by atoms with Crippen LogP contribution in [0.25, 0.3) is 5.65 Å². The van der Waals surface area contributed by atoms with Crippen molar-refractivity contribution < 1.29 is 4.79 Å². The molecule has 4 heteroatoms. The lowest BCUT2D eigenvalue weighted by atomic mass is 9.99. The number of hydrogen-bond acceptors (Lipinski definition) is 3. The lowest BCUT2D eigenvalue weighted by Gasteiger charge is -2.31.